The summed E-state index contributed by atoms with van der Waals surface area (Å²) in [6.45, 7) is -0.185. The van der Waals surface area contributed by atoms with Crippen LogP contribution in [0.1, 0.15) is 144 Å². The molecule has 2 aliphatic heterocycles. The van der Waals surface area contributed by atoms with Gasteiger partial charge in [0, 0.05) is 39.2 Å². The van der Waals surface area contributed by atoms with E-state index < -0.39 is 0 Å². The van der Waals surface area contributed by atoms with E-state index in [2.05, 4.69) is 111 Å². The van der Waals surface area contributed by atoms with E-state index in [-0.39, 0.29) is 24.2 Å². The highest BCUT2D eigenvalue weighted by atomic mass is 16.1. The zero-order valence-corrected chi connectivity index (χ0v) is 34.9. The van der Waals surface area contributed by atoms with Crippen LogP contribution in [0, 0.1) is 23.7 Å². The third kappa shape index (κ3) is 3.45. The number of allylic oxidation sites excluding steroid dienone is 2. The molecule has 21 rings (SSSR count). The van der Waals surface area contributed by atoms with Gasteiger partial charge in [-0.05, 0) is 185 Å². The van der Waals surface area contributed by atoms with Gasteiger partial charge in [0.1, 0.15) is 0 Å². The summed E-state index contributed by atoms with van der Waals surface area (Å²) in [5.41, 5.74) is 21.8. The van der Waals surface area contributed by atoms with Crippen LogP contribution in [0.2, 0.25) is 0 Å². The lowest BCUT2D eigenvalue weighted by molar-refractivity contribution is 0.166. The molecule has 2 aromatic heterocycles. The number of fused-ring (bicyclic) bond motifs is 11. The normalized spacial score (nSPS) is 31.5. The molecule has 298 valence electrons. The van der Waals surface area contributed by atoms with Gasteiger partial charge in [0.25, 0.3) is 5.56 Å². The van der Waals surface area contributed by atoms with Gasteiger partial charge >= 0.3 is 6.85 Å². The fourth-order valence-electron chi connectivity index (χ4n) is 18.1. The number of hydrogen-bond donors (Lipinski definition) is 0. The van der Waals surface area contributed by atoms with Crippen molar-refractivity contribution in [1.82, 2.24) is 13.8 Å². The van der Waals surface area contributed by atoms with Crippen LogP contribution in [0.15, 0.2) is 107 Å². The minimum absolute atomic E-state index is 0.0683. The number of rotatable bonds is 0. The van der Waals surface area contributed by atoms with Gasteiger partial charge in [-0.3, -0.25) is 14.1 Å². The minimum atomic E-state index is -0.185. The maximum atomic E-state index is 15.9. The predicted octanol–water partition coefficient (Wildman–Crippen LogP) is 12.0. The second kappa shape index (κ2) is 10.4. The molecule has 62 heavy (non-hydrogen) atoms. The van der Waals surface area contributed by atoms with Crippen LogP contribution in [0.25, 0.3) is 54.9 Å². The van der Waals surface area contributed by atoms with Gasteiger partial charge in [-0.15, -0.1) is 0 Å². The predicted molar refractivity (Wildman–Crippen MR) is 250 cm³/mol. The maximum absolute atomic E-state index is 15.9. The molecule has 8 aromatic rings. The molecule has 4 fully saturated rings. The molecule has 4 atom stereocenters. The van der Waals surface area contributed by atoms with Gasteiger partial charge in [0.2, 0.25) is 0 Å². The summed E-state index contributed by atoms with van der Waals surface area (Å²) >= 11 is 0. The van der Waals surface area contributed by atoms with Crippen molar-refractivity contribution in [3.05, 3.63) is 157 Å². The van der Waals surface area contributed by atoms with Gasteiger partial charge in [0.05, 0.1) is 27.6 Å². The average molecular weight is 800 g/mol. The van der Waals surface area contributed by atoms with Crippen LogP contribution in [-0.4, -0.2) is 20.7 Å². The van der Waals surface area contributed by atoms with E-state index in [1.165, 1.54) is 147 Å². The summed E-state index contributed by atoms with van der Waals surface area (Å²) in [7, 11) is 0. The Balaban J connectivity index is 1.04. The molecule has 0 amide bonds. The van der Waals surface area contributed by atoms with Crippen molar-refractivity contribution in [2.75, 3.05) is 0 Å². The quantitative estimate of drug-likeness (QED) is 0.141. The zero-order valence-electron chi connectivity index (χ0n) is 34.9. The van der Waals surface area contributed by atoms with E-state index in [1.807, 2.05) is 0 Å². The van der Waals surface area contributed by atoms with E-state index in [4.69, 9.17) is 0 Å². The third-order valence-electron chi connectivity index (χ3n) is 19.6. The van der Waals surface area contributed by atoms with E-state index in [0.717, 1.165) is 34.6 Å². The van der Waals surface area contributed by atoms with Crippen LogP contribution in [0.3, 0.4) is 0 Å². The Bertz CT molecular complexity index is 3540. The zero-order chi connectivity index (χ0) is 39.6. The smallest absolute Gasteiger partial charge is 0.313 e. The summed E-state index contributed by atoms with van der Waals surface area (Å²) in [4.78, 5) is 15.9. The van der Waals surface area contributed by atoms with E-state index in [9.17, 15) is 0 Å². The van der Waals surface area contributed by atoms with E-state index in [1.54, 1.807) is 16.7 Å². The Labute approximate surface area is 360 Å². The number of hydrogen-bond acceptors (Lipinski definition) is 1. The molecule has 6 aromatic carbocycles. The van der Waals surface area contributed by atoms with E-state index >= 15 is 4.79 Å². The molecule has 13 aliphatic rings. The molecule has 4 unspecified atom stereocenters. The van der Waals surface area contributed by atoms with Gasteiger partial charge in [0.15, 0.2) is 0 Å². The first-order valence-corrected chi connectivity index (χ1v) is 24.4. The lowest BCUT2D eigenvalue weighted by atomic mass is 9.40. The highest BCUT2D eigenvalue weighted by Crippen LogP contribution is 2.64. The number of aromatic nitrogens is 3. The Morgan fingerprint density at radius 2 is 1.05 bits per heavy atom. The van der Waals surface area contributed by atoms with Crippen LogP contribution >= 0.6 is 0 Å². The Morgan fingerprint density at radius 1 is 0.484 bits per heavy atom. The summed E-state index contributed by atoms with van der Waals surface area (Å²) in [6, 6.07) is 38.3. The van der Waals surface area contributed by atoms with Crippen LogP contribution in [0.4, 0.5) is 0 Å². The van der Waals surface area contributed by atoms with Crippen molar-refractivity contribution in [3.63, 3.8) is 0 Å². The molecular formula is C57H46BN3O. The minimum Gasteiger partial charge on any atom is -0.313 e. The van der Waals surface area contributed by atoms with Crippen LogP contribution in [0.5, 0.6) is 0 Å². The molecule has 0 radical (unpaired) electrons. The van der Waals surface area contributed by atoms with E-state index in [0.29, 0.717) is 23.7 Å². The topological polar surface area (TPSA) is 31.9 Å². The van der Waals surface area contributed by atoms with Crippen molar-refractivity contribution in [1.29, 1.82) is 0 Å². The summed E-state index contributed by atoms with van der Waals surface area (Å²) < 4.78 is 7.62. The Hall–Kier alpha value is -5.55. The second-order valence-corrected chi connectivity index (χ2v) is 22.3. The molecular weight excluding hydrogens is 753 g/mol. The van der Waals surface area contributed by atoms with Crippen molar-refractivity contribution in [2.45, 2.75) is 99.7 Å². The molecule has 0 saturated heterocycles. The molecule has 0 N–H and O–H groups in total. The second-order valence-electron chi connectivity index (χ2n) is 22.3. The first-order valence-electron chi connectivity index (χ1n) is 24.4. The van der Waals surface area contributed by atoms with Gasteiger partial charge in [-0.1, -0.05) is 78.9 Å². The largest absolute Gasteiger partial charge is 0.354 e. The fourth-order valence-corrected chi connectivity index (χ4v) is 18.1. The van der Waals surface area contributed by atoms with Crippen LogP contribution < -0.4 is 11.0 Å². The standard InChI is InChI=1S/C57H46BN3O/c62-57-44-25-42-32-19-27-15-28(20-32)22-33(21-27)43(42)26-46(44)60-54-41-12-6-5-11-40(41)50-51-45(14-13-35-31-17-29-16-30(18-31)24-34(23-29)47(35)51)59-55-49-38-9-3-1-7-36(38)48(37-8-2-4-10-39(37)49)52(55)58(61(57)60)53(54)56(50)59/h1-14,25-34,48-49H,15-24H2. The van der Waals surface area contributed by atoms with Gasteiger partial charge < -0.3 is 4.57 Å². The molecule has 4 nitrogen and oxygen atoms in total. The van der Waals surface area contributed by atoms with Crippen molar-refractivity contribution in [3.8, 4) is 5.69 Å². The van der Waals surface area contributed by atoms with Crippen molar-refractivity contribution < 1.29 is 0 Å². The fraction of sp³-hybridized carbons (Fsp3) is 0.351. The Morgan fingerprint density at radius 3 is 1.71 bits per heavy atom. The third-order valence-corrected chi connectivity index (χ3v) is 19.6. The summed E-state index contributed by atoms with van der Waals surface area (Å²) in [6.07, 6.45) is 13.6. The number of nitrogens with zero attached hydrogens (tertiary/aromatic N) is 3. The molecule has 0 spiro atoms. The lowest BCUT2D eigenvalue weighted by Crippen LogP contribution is -2.50. The molecule has 5 heteroatoms. The molecule has 4 saturated carbocycles. The molecule has 11 aliphatic carbocycles. The van der Waals surface area contributed by atoms with Gasteiger partial charge in [-0.25, -0.2) is 0 Å². The highest BCUT2D eigenvalue weighted by molar-refractivity contribution is 6.85. The number of benzene rings is 6. The molecule has 10 bridgehead atoms. The van der Waals surface area contributed by atoms with Crippen molar-refractivity contribution >= 4 is 61.5 Å². The van der Waals surface area contributed by atoms with Crippen molar-refractivity contribution in [2.24, 2.45) is 23.7 Å². The lowest BCUT2D eigenvalue weighted by Gasteiger charge is -2.47. The summed E-state index contributed by atoms with van der Waals surface area (Å²) in [5, 5.41) is 6.60. The SMILES string of the molecule is O=c1c2cc3c(cc2n2n1B1C4=C(C5c6ccccc6C4c4ccccc45)n4c5ccc6c(c5c5c7ccccc7c-2c1c54)C1CC2CC(CC6C2)C1)C1CC2CC(CC3C2)C1. The summed E-state index contributed by atoms with van der Waals surface area (Å²) in [5.74, 6) is 6.06. The first-order chi connectivity index (χ1) is 30.6. The highest BCUT2D eigenvalue weighted by Gasteiger charge is 2.56. The first kappa shape index (κ1) is 32.2. The molecule has 4 heterocycles. The van der Waals surface area contributed by atoms with Crippen LogP contribution in [-0.2, 0) is 0 Å². The monoisotopic (exact) mass is 799 g/mol. The Kier molecular flexibility index (Phi) is 5.42. The van der Waals surface area contributed by atoms with Gasteiger partial charge in [-0.2, -0.15) is 0 Å². The maximum Gasteiger partial charge on any atom is 0.354 e. The average Bonchev–Trinajstić information content (AvgIpc) is 3.83.